The lowest BCUT2D eigenvalue weighted by Gasteiger charge is -2.42. The fraction of sp³-hybridized carbons (Fsp3) is 0.875. The quantitative estimate of drug-likeness (QED) is 0.383. The smallest absolute Gasteiger partial charge is 0.0502 e. The zero-order valence-corrected chi connectivity index (χ0v) is 16.6. The first-order valence-corrected chi connectivity index (χ1v) is 14.3. The average molecular weight is 285 g/mol. The second-order valence-electron chi connectivity index (χ2n) is 9.37. The predicted molar refractivity (Wildman–Crippen MR) is 93.1 cm³/mol. The molecule has 0 amide bonds. The highest BCUT2D eigenvalue weighted by atomic mass is 28.3. The molecule has 0 atom stereocenters. The second-order valence-corrected chi connectivity index (χ2v) is 21.1. The third kappa shape index (κ3) is 4.69. The minimum absolute atomic E-state index is 0.458. The fourth-order valence-corrected chi connectivity index (χ4v) is 3.40. The molecule has 0 aromatic rings. The lowest BCUT2D eigenvalue weighted by atomic mass is 9.95. The molecule has 0 aliphatic rings. The van der Waals surface area contributed by atoms with Crippen molar-refractivity contribution in [1.82, 2.24) is 0 Å². The van der Waals surface area contributed by atoms with Crippen molar-refractivity contribution in [2.24, 2.45) is 0 Å². The molecule has 0 radical (unpaired) electrons. The normalized spacial score (nSPS) is 14.8. The van der Waals surface area contributed by atoms with Gasteiger partial charge in [0.05, 0.1) is 16.1 Å². The lowest BCUT2D eigenvalue weighted by molar-refractivity contribution is 0.571. The highest BCUT2D eigenvalue weighted by molar-refractivity contribution is 6.79. The molecule has 0 saturated carbocycles. The Labute approximate surface area is 118 Å². The van der Waals surface area contributed by atoms with Crippen LogP contribution in [-0.4, -0.2) is 16.1 Å². The Kier molecular flexibility index (Phi) is 5.33. The Hall–Kier alpha value is 0.174. The molecule has 0 nitrogen and oxygen atoms in total. The molecule has 18 heavy (non-hydrogen) atoms. The molecule has 0 aliphatic heterocycles. The van der Waals surface area contributed by atoms with E-state index in [9.17, 15) is 0 Å². The summed E-state index contributed by atoms with van der Waals surface area (Å²) >= 11 is 0. The van der Waals surface area contributed by atoms with Crippen molar-refractivity contribution in [3.05, 3.63) is 12.2 Å². The van der Waals surface area contributed by atoms with Crippen LogP contribution in [0.2, 0.25) is 49.4 Å². The van der Waals surface area contributed by atoms with Crippen LogP contribution in [0.3, 0.4) is 0 Å². The molecule has 0 bridgehead atoms. The third-order valence-electron chi connectivity index (χ3n) is 5.44. The van der Waals surface area contributed by atoms with Gasteiger partial charge in [0, 0.05) is 0 Å². The summed E-state index contributed by atoms with van der Waals surface area (Å²) in [4.78, 5) is 0. The molecule has 108 valence electrons. The minimum Gasteiger partial charge on any atom is -0.0998 e. The Bertz CT molecular complexity index is 268. The summed E-state index contributed by atoms with van der Waals surface area (Å²) in [6.45, 7) is 29.0. The van der Waals surface area contributed by atoms with Crippen LogP contribution in [0.1, 0.15) is 40.5 Å². The second kappa shape index (κ2) is 5.28. The molecule has 2 heteroatoms. The van der Waals surface area contributed by atoms with Crippen molar-refractivity contribution in [2.45, 2.75) is 89.9 Å². The van der Waals surface area contributed by atoms with Crippen LogP contribution < -0.4 is 0 Å². The summed E-state index contributed by atoms with van der Waals surface area (Å²) in [5.74, 6) is 0. The van der Waals surface area contributed by atoms with Crippen molar-refractivity contribution < 1.29 is 0 Å². The van der Waals surface area contributed by atoms with Crippen LogP contribution in [0.4, 0.5) is 0 Å². The average Bonchev–Trinajstić information content (AvgIpc) is 1.95. The Morgan fingerprint density at radius 2 is 0.944 bits per heavy atom. The molecule has 0 fully saturated rings. The summed E-state index contributed by atoms with van der Waals surface area (Å²) < 4.78 is 0. The maximum atomic E-state index is 4.40. The van der Waals surface area contributed by atoms with Crippen molar-refractivity contribution in [2.75, 3.05) is 0 Å². The van der Waals surface area contributed by atoms with Gasteiger partial charge in [-0.15, -0.1) is 0 Å². The SMILES string of the molecule is C=C(CC(C)(C)[Si](C)(C)C)CC(C)(C)[Si](C)(C)C. The predicted octanol–water partition coefficient (Wildman–Crippen LogP) is 6.56. The third-order valence-corrected chi connectivity index (χ3v) is 13.9. The molecule has 0 saturated heterocycles. The first-order valence-electron chi connectivity index (χ1n) is 7.27. The monoisotopic (exact) mass is 284 g/mol. The zero-order chi connectivity index (χ0) is 15.0. The van der Waals surface area contributed by atoms with Gasteiger partial charge in [-0.2, -0.15) is 0 Å². The molecular weight excluding hydrogens is 248 g/mol. The fourth-order valence-electron chi connectivity index (χ4n) is 1.84. The van der Waals surface area contributed by atoms with E-state index in [0.717, 1.165) is 0 Å². The molecule has 0 aliphatic carbocycles. The van der Waals surface area contributed by atoms with Gasteiger partial charge in [-0.1, -0.05) is 79.1 Å². The molecule has 0 aromatic carbocycles. The van der Waals surface area contributed by atoms with Gasteiger partial charge in [0.25, 0.3) is 0 Å². The van der Waals surface area contributed by atoms with Gasteiger partial charge in [-0.25, -0.2) is 0 Å². The molecule has 0 heterocycles. The summed E-state index contributed by atoms with van der Waals surface area (Å²) in [5.41, 5.74) is 1.47. The minimum atomic E-state index is -1.12. The van der Waals surface area contributed by atoms with Gasteiger partial charge in [0.15, 0.2) is 0 Å². The van der Waals surface area contributed by atoms with E-state index in [1.807, 2.05) is 0 Å². The molecular formula is C16H36Si2. The van der Waals surface area contributed by atoms with Gasteiger partial charge in [0.1, 0.15) is 0 Å². The van der Waals surface area contributed by atoms with E-state index in [1.165, 1.54) is 18.4 Å². The molecule has 0 spiro atoms. The zero-order valence-electron chi connectivity index (χ0n) is 14.6. The lowest BCUT2D eigenvalue weighted by Crippen LogP contribution is -2.37. The highest BCUT2D eigenvalue weighted by Gasteiger charge is 2.38. The van der Waals surface area contributed by atoms with E-state index in [1.54, 1.807) is 0 Å². The van der Waals surface area contributed by atoms with E-state index >= 15 is 0 Å². The number of rotatable bonds is 6. The molecule has 0 unspecified atom stereocenters. The maximum absolute atomic E-state index is 4.40. The molecule has 0 N–H and O–H groups in total. The van der Waals surface area contributed by atoms with Crippen LogP contribution in [0.5, 0.6) is 0 Å². The molecule has 0 rings (SSSR count). The highest BCUT2D eigenvalue weighted by Crippen LogP contribution is 2.48. The number of allylic oxidation sites excluding steroid dienone is 1. The maximum Gasteiger partial charge on any atom is 0.0502 e. The van der Waals surface area contributed by atoms with Crippen LogP contribution >= 0.6 is 0 Å². The van der Waals surface area contributed by atoms with Gasteiger partial charge >= 0.3 is 0 Å². The summed E-state index contributed by atoms with van der Waals surface area (Å²) in [7, 11) is -2.24. The van der Waals surface area contributed by atoms with Crippen molar-refractivity contribution in [3.63, 3.8) is 0 Å². The van der Waals surface area contributed by atoms with E-state index in [4.69, 9.17) is 0 Å². The van der Waals surface area contributed by atoms with E-state index in [-0.39, 0.29) is 0 Å². The van der Waals surface area contributed by atoms with Crippen LogP contribution in [0.15, 0.2) is 12.2 Å². The van der Waals surface area contributed by atoms with Crippen molar-refractivity contribution >= 4 is 16.1 Å². The molecule has 0 aromatic heterocycles. The number of hydrogen-bond acceptors (Lipinski definition) is 0. The van der Waals surface area contributed by atoms with E-state index < -0.39 is 16.1 Å². The van der Waals surface area contributed by atoms with Crippen LogP contribution in [0, 0.1) is 0 Å². The Morgan fingerprint density at radius 1 is 0.722 bits per heavy atom. The number of hydrogen-bond donors (Lipinski definition) is 0. The van der Waals surface area contributed by atoms with Gasteiger partial charge in [-0.3, -0.25) is 0 Å². The van der Waals surface area contributed by atoms with Crippen molar-refractivity contribution in [3.8, 4) is 0 Å². The Morgan fingerprint density at radius 3 is 1.11 bits per heavy atom. The Balaban J connectivity index is 4.75. The first-order chi connectivity index (χ1) is 7.60. The first kappa shape index (κ1) is 18.2. The topological polar surface area (TPSA) is 0 Å². The van der Waals surface area contributed by atoms with Gasteiger partial charge in [0.2, 0.25) is 0 Å². The van der Waals surface area contributed by atoms with Crippen LogP contribution in [-0.2, 0) is 0 Å². The van der Waals surface area contributed by atoms with Gasteiger partial charge in [-0.05, 0) is 22.9 Å². The van der Waals surface area contributed by atoms with Crippen molar-refractivity contribution in [1.29, 1.82) is 0 Å². The van der Waals surface area contributed by atoms with Gasteiger partial charge < -0.3 is 0 Å². The van der Waals surface area contributed by atoms with E-state index in [0.29, 0.717) is 10.1 Å². The largest absolute Gasteiger partial charge is 0.0998 e. The van der Waals surface area contributed by atoms with E-state index in [2.05, 4.69) is 73.6 Å². The standard InChI is InChI=1S/C16H36Si2/c1-14(12-15(2,3)17(6,7)8)13-16(4,5)18(9,10)11/h1,12-13H2,2-11H3. The summed E-state index contributed by atoms with van der Waals surface area (Å²) in [6.07, 6.45) is 2.41. The summed E-state index contributed by atoms with van der Waals surface area (Å²) in [6, 6.07) is 0. The summed E-state index contributed by atoms with van der Waals surface area (Å²) in [5, 5.41) is 0.916. The van der Waals surface area contributed by atoms with Crippen LogP contribution in [0.25, 0.3) is 0 Å².